The van der Waals surface area contributed by atoms with E-state index in [9.17, 15) is 9.18 Å². The van der Waals surface area contributed by atoms with Gasteiger partial charge in [-0.2, -0.15) is 0 Å². The Labute approximate surface area is 165 Å². The van der Waals surface area contributed by atoms with Gasteiger partial charge in [-0.3, -0.25) is 4.79 Å². The number of nitrogens with zero attached hydrogens (tertiary/aromatic N) is 1. The molecule has 0 aliphatic carbocycles. The Hall–Kier alpha value is -3.25. The monoisotopic (exact) mass is 392 g/mol. The Morgan fingerprint density at radius 2 is 1.93 bits per heavy atom. The molecule has 1 amide bonds. The Morgan fingerprint density at radius 1 is 1.14 bits per heavy atom. The number of carbonyl (C=O) groups is 1. The predicted octanol–water partition coefficient (Wildman–Crippen LogP) is 6.08. The largest absolute Gasteiger partial charge is 0.444 e. The Kier molecular flexibility index (Phi) is 4.79. The molecule has 0 saturated carbocycles. The van der Waals surface area contributed by atoms with Gasteiger partial charge in [0.15, 0.2) is 0 Å². The van der Waals surface area contributed by atoms with Gasteiger partial charge in [0.05, 0.1) is 16.6 Å². The highest BCUT2D eigenvalue weighted by Gasteiger charge is 2.15. The van der Waals surface area contributed by atoms with E-state index in [1.54, 1.807) is 42.9 Å². The third-order valence-corrected chi connectivity index (χ3v) is 5.50. The van der Waals surface area contributed by atoms with Crippen LogP contribution in [0.4, 0.5) is 10.1 Å². The summed E-state index contributed by atoms with van der Waals surface area (Å²) in [6.07, 6.45) is 3.18. The summed E-state index contributed by atoms with van der Waals surface area (Å²) in [5.41, 5.74) is 3.38. The predicted molar refractivity (Wildman–Crippen MR) is 109 cm³/mol. The highest BCUT2D eigenvalue weighted by Crippen LogP contribution is 2.36. The highest BCUT2D eigenvalue weighted by atomic mass is 32.1. The maximum atomic E-state index is 14.0. The number of oxazole rings is 1. The van der Waals surface area contributed by atoms with E-state index in [-0.39, 0.29) is 5.56 Å². The second kappa shape index (κ2) is 7.40. The molecule has 0 bridgehead atoms. The Bertz CT molecular complexity index is 1110. The number of anilines is 1. The first kappa shape index (κ1) is 18.1. The van der Waals surface area contributed by atoms with Crippen molar-refractivity contribution < 1.29 is 13.6 Å². The first-order chi connectivity index (χ1) is 13.5. The molecule has 4 aromatic rings. The van der Waals surface area contributed by atoms with Crippen LogP contribution in [0.25, 0.3) is 21.9 Å². The SMILES string of the molecule is Cc1cccc(F)c1C(=O)Nc1ccc(-c2cc(-c3ncco3)sc2C)cc1. The molecule has 0 aliphatic heterocycles. The fourth-order valence-electron chi connectivity index (χ4n) is 3.07. The molecule has 2 aromatic heterocycles. The third kappa shape index (κ3) is 3.46. The molecular weight excluding hydrogens is 375 g/mol. The van der Waals surface area contributed by atoms with Crippen molar-refractivity contribution in [2.45, 2.75) is 13.8 Å². The third-order valence-electron chi connectivity index (χ3n) is 4.46. The van der Waals surface area contributed by atoms with Crippen LogP contribution in [0, 0.1) is 19.7 Å². The quantitative estimate of drug-likeness (QED) is 0.458. The van der Waals surface area contributed by atoms with E-state index in [1.165, 1.54) is 6.07 Å². The minimum absolute atomic E-state index is 0.0656. The Balaban J connectivity index is 1.56. The molecule has 0 unspecified atom stereocenters. The molecule has 0 saturated heterocycles. The number of hydrogen-bond donors (Lipinski definition) is 1. The number of carbonyl (C=O) groups excluding carboxylic acids is 1. The van der Waals surface area contributed by atoms with Crippen molar-refractivity contribution in [3.05, 3.63) is 82.8 Å². The van der Waals surface area contributed by atoms with Gasteiger partial charge in [-0.1, -0.05) is 24.3 Å². The summed E-state index contributed by atoms with van der Waals surface area (Å²) in [4.78, 5) is 18.7. The molecule has 2 aromatic carbocycles. The van der Waals surface area contributed by atoms with E-state index in [2.05, 4.69) is 10.3 Å². The smallest absolute Gasteiger partial charge is 0.258 e. The van der Waals surface area contributed by atoms with Crippen LogP contribution >= 0.6 is 11.3 Å². The molecule has 6 heteroatoms. The average Bonchev–Trinajstić information content (AvgIpc) is 3.32. The number of thiophene rings is 1. The van der Waals surface area contributed by atoms with Crippen LogP contribution in [-0.2, 0) is 0 Å². The van der Waals surface area contributed by atoms with E-state index in [1.807, 2.05) is 37.3 Å². The average molecular weight is 392 g/mol. The molecule has 1 N–H and O–H groups in total. The summed E-state index contributed by atoms with van der Waals surface area (Å²) in [6, 6.07) is 14.1. The van der Waals surface area contributed by atoms with E-state index >= 15 is 0 Å². The molecule has 0 radical (unpaired) electrons. The van der Waals surface area contributed by atoms with Crippen molar-refractivity contribution in [1.82, 2.24) is 4.98 Å². The lowest BCUT2D eigenvalue weighted by Crippen LogP contribution is -2.15. The topological polar surface area (TPSA) is 55.1 Å². The maximum absolute atomic E-state index is 14.0. The molecule has 0 atom stereocenters. The van der Waals surface area contributed by atoms with Crippen molar-refractivity contribution in [2.75, 3.05) is 5.32 Å². The maximum Gasteiger partial charge on any atom is 0.258 e. The van der Waals surface area contributed by atoms with Gasteiger partial charge in [0, 0.05) is 10.6 Å². The van der Waals surface area contributed by atoms with Gasteiger partial charge in [0.25, 0.3) is 5.91 Å². The van der Waals surface area contributed by atoms with Crippen LogP contribution in [0.3, 0.4) is 0 Å². The van der Waals surface area contributed by atoms with Gasteiger partial charge < -0.3 is 9.73 Å². The van der Waals surface area contributed by atoms with E-state index in [4.69, 9.17) is 4.42 Å². The van der Waals surface area contributed by atoms with Crippen LogP contribution in [0.5, 0.6) is 0 Å². The molecule has 0 aliphatic rings. The van der Waals surface area contributed by atoms with Crippen LogP contribution < -0.4 is 5.32 Å². The number of rotatable bonds is 4. The normalized spacial score (nSPS) is 10.8. The first-order valence-electron chi connectivity index (χ1n) is 8.70. The molecule has 0 spiro atoms. The van der Waals surface area contributed by atoms with E-state index in [0.717, 1.165) is 20.9 Å². The van der Waals surface area contributed by atoms with Crippen molar-refractivity contribution in [3.63, 3.8) is 0 Å². The van der Waals surface area contributed by atoms with Gasteiger partial charge in [0.2, 0.25) is 5.89 Å². The summed E-state index contributed by atoms with van der Waals surface area (Å²) in [5.74, 6) is -0.383. The molecule has 4 nitrogen and oxygen atoms in total. The zero-order valence-electron chi connectivity index (χ0n) is 15.3. The molecule has 2 heterocycles. The van der Waals surface area contributed by atoms with Gasteiger partial charge in [-0.25, -0.2) is 9.37 Å². The lowest BCUT2D eigenvalue weighted by atomic mass is 10.1. The van der Waals surface area contributed by atoms with Gasteiger partial charge in [-0.15, -0.1) is 11.3 Å². The number of aryl methyl sites for hydroxylation is 2. The Morgan fingerprint density at radius 3 is 2.61 bits per heavy atom. The highest BCUT2D eigenvalue weighted by molar-refractivity contribution is 7.15. The van der Waals surface area contributed by atoms with Crippen LogP contribution in [-0.4, -0.2) is 10.9 Å². The van der Waals surface area contributed by atoms with Crippen molar-refractivity contribution in [1.29, 1.82) is 0 Å². The molecular formula is C22H17FN2O2S. The standard InChI is InChI=1S/C22H17FN2O2S/c1-13-4-3-5-18(23)20(13)21(26)25-16-8-6-15(7-9-16)17-12-19(28-14(17)2)22-24-10-11-27-22/h3-12H,1-2H3,(H,25,26). The number of halogens is 1. The zero-order chi connectivity index (χ0) is 19.7. The molecule has 28 heavy (non-hydrogen) atoms. The van der Waals surface area contributed by atoms with Gasteiger partial charge in [0.1, 0.15) is 12.1 Å². The van der Waals surface area contributed by atoms with Crippen molar-refractivity contribution in [2.24, 2.45) is 0 Å². The van der Waals surface area contributed by atoms with Gasteiger partial charge in [-0.05, 0) is 54.8 Å². The summed E-state index contributed by atoms with van der Waals surface area (Å²) in [7, 11) is 0. The van der Waals surface area contributed by atoms with E-state index < -0.39 is 11.7 Å². The van der Waals surface area contributed by atoms with Gasteiger partial charge >= 0.3 is 0 Å². The first-order valence-corrected chi connectivity index (χ1v) is 9.52. The minimum atomic E-state index is -0.526. The summed E-state index contributed by atoms with van der Waals surface area (Å²) in [6.45, 7) is 3.76. The second-order valence-electron chi connectivity index (χ2n) is 6.38. The number of aromatic nitrogens is 1. The van der Waals surface area contributed by atoms with Crippen LogP contribution in [0.1, 0.15) is 20.8 Å². The summed E-state index contributed by atoms with van der Waals surface area (Å²) in [5, 5.41) is 2.76. The number of nitrogens with one attached hydrogen (secondary N) is 1. The number of amides is 1. The summed E-state index contributed by atoms with van der Waals surface area (Å²) >= 11 is 1.61. The molecule has 4 rings (SSSR count). The molecule has 140 valence electrons. The van der Waals surface area contributed by atoms with Crippen LogP contribution in [0.15, 0.2) is 65.4 Å². The lowest BCUT2D eigenvalue weighted by molar-refractivity contribution is 0.102. The van der Waals surface area contributed by atoms with Crippen LogP contribution in [0.2, 0.25) is 0 Å². The van der Waals surface area contributed by atoms with E-state index in [0.29, 0.717) is 17.1 Å². The van der Waals surface area contributed by atoms with Crippen molar-refractivity contribution in [3.8, 4) is 21.9 Å². The summed E-state index contributed by atoms with van der Waals surface area (Å²) < 4.78 is 19.3. The fraction of sp³-hybridized carbons (Fsp3) is 0.0909. The molecule has 0 fully saturated rings. The minimum Gasteiger partial charge on any atom is -0.444 e. The fourth-order valence-corrected chi connectivity index (χ4v) is 4.05. The lowest BCUT2D eigenvalue weighted by Gasteiger charge is -2.09. The second-order valence-corrected chi connectivity index (χ2v) is 7.64. The zero-order valence-corrected chi connectivity index (χ0v) is 16.1. The number of benzene rings is 2. The van der Waals surface area contributed by atoms with Crippen molar-refractivity contribution >= 4 is 22.9 Å². The number of hydrogen-bond acceptors (Lipinski definition) is 4.